The first-order valence-corrected chi connectivity index (χ1v) is 6.06. The van der Waals surface area contributed by atoms with E-state index in [4.69, 9.17) is 0 Å². The maximum Gasteiger partial charge on any atom is 0.228 e. The third kappa shape index (κ3) is 2.60. The summed E-state index contributed by atoms with van der Waals surface area (Å²) in [5.74, 6) is 1.04. The van der Waals surface area contributed by atoms with Gasteiger partial charge in [-0.2, -0.15) is 0 Å². The van der Waals surface area contributed by atoms with Gasteiger partial charge in [0.1, 0.15) is 5.82 Å². The van der Waals surface area contributed by atoms with E-state index in [0.29, 0.717) is 12.5 Å². The molecule has 0 atom stereocenters. The molecule has 1 aromatic heterocycles. The van der Waals surface area contributed by atoms with Gasteiger partial charge in [-0.1, -0.05) is 19.4 Å². The van der Waals surface area contributed by atoms with Crippen molar-refractivity contribution >= 4 is 11.7 Å². The molecule has 1 aliphatic carbocycles. The average molecular weight is 218 g/mol. The number of nitrogens with zero attached hydrogens (tertiary/aromatic N) is 2. The molecule has 1 fully saturated rings. The summed E-state index contributed by atoms with van der Waals surface area (Å²) in [5, 5.41) is 0. The van der Waals surface area contributed by atoms with Crippen molar-refractivity contribution in [1.82, 2.24) is 4.98 Å². The van der Waals surface area contributed by atoms with Crippen molar-refractivity contribution in [2.75, 3.05) is 4.90 Å². The van der Waals surface area contributed by atoms with Crippen LogP contribution < -0.4 is 4.90 Å². The molecule has 0 bridgehead atoms. The maximum absolute atomic E-state index is 12.1. The Morgan fingerprint density at radius 2 is 2.31 bits per heavy atom. The Hall–Kier alpha value is -1.38. The molecule has 0 spiro atoms. The highest BCUT2D eigenvalue weighted by Gasteiger charge is 2.33. The second kappa shape index (κ2) is 5.10. The lowest BCUT2D eigenvalue weighted by Gasteiger charge is -2.21. The Labute approximate surface area is 96.5 Å². The Kier molecular flexibility index (Phi) is 3.54. The third-order valence-electron chi connectivity index (χ3n) is 2.82. The fraction of sp³-hybridized carbons (Fsp3) is 0.538. The summed E-state index contributed by atoms with van der Waals surface area (Å²) < 4.78 is 0. The molecule has 0 aromatic carbocycles. The number of amides is 1. The number of aromatic nitrogens is 1. The molecule has 0 radical (unpaired) electrons. The molecule has 16 heavy (non-hydrogen) atoms. The molecular formula is C13H18N2O. The van der Waals surface area contributed by atoms with Crippen LogP contribution >= 0.6 is 0 Å². The summed E-state index contributed by atoms with van der Waals surface area (Å²) in [4.78, 5) is 18.2. The van der Waals surface area contributed by atoms with Gasteiger partial charge in [-0.05, 0) is 31.4 Å². The lowest BCUT2D eigenvalue weighted by molar-refractivity contribution is -0.118. The van der Waals surface area contributed by atoms with Crippen molar-refractivity contribution in [3.05, 3.63) is 24.4 Å². The van der Waals surface area contributed by atoms with Crippen LogP contribution in [0.15, 0.2) is 24.4 Å². The van der Waals surface area contributed by atoms with E-state index in [9.17, 15) is 4.79 Å². The van der Waals surface area contributed by atoms with Gasteiger partial charge in [0.25, 0.3) is 0 Å². The molecule has 0 aliphatic heterocycles. The number of anilines is 1. The van der Waals surface area contributed by atoms with Crippen LogP contribution in [0.1, 0.15) is 39.0 Å². The van der Waals surface area contributed by atoms with E-state index in [1.54, 1.807) is 6.20 Å². The van der Waals surface area contributed by atoms with Crippen molar-refractivity contribution in [2.24, 2.45) is 0 Å². The predicted octanol–water partition coefficient (Wildman–Crippen LogP) is 2.77. The molecule has 3 heteroatoms. The topological polar surface area (TPSA) is 33.2 Å². The van der Waals surface area contributed by atoms with Gasteiger partial charge >= 0.3 is 0 Å². The van der Waals surface area contributed by atoms with E-state index < -0.39 is 0 Å². The highest BCUT2D eigenvalue weighted by molar-refractivity contribution is 5.93. The largest absolute Gasteiger partial charge is 0.294 e. The minimum atomic E-state index is 0.225. The van der Waals surface area contributed by atoms with Gasteiger partial charge in [0, 0.05) is 18.7 Å². The first-order chi connectivity index (χ1) is 7.83. The van der Waals surface area contributed by atoms with E-state index >= 15 is 0 Å². The van der Waals surface area contributed by atoms with Gasteiger partial charge in [-0.25, -0.2) is 4.98 Å². The second-order valence-corrected chi connectivity index (χ2v) is 4.29. The van der Waals surface area contributed by atoms with Crippen LogP contribution in [0.3, 0.4) is 0 Å². The number of pyridine rings is 1. The van der Waals surface area contributed by atoms with Gasteiger partial charge in [0.15, 0.2) is 0 Å². The Morgan fingerprint density at radius 1 is 1.50 bits per heavy atom. The van der Waals surface area contributed by atoms with E-state index in [0.717, 1.165) is 31.5 Å². The van der Waals surface area contributed by atoms with E-state index in [-0.39, 0.29) is 5.91 Å². The predicted molar refractivity (Wildman–Crippen MR) is 64.3 cm³/mol. The number of rotatable bonds is 5. The number of hydrogen-bond acceptors (Lipinski definition) is 2. The van der Waals surface area contributed by atoms with Crippen LogP contribution in [-0.2, 0) is 4.79 Å². The highest BCUT2D eigenvalue weighted by atomic mass is 16.2. The SMILES string of the molecule is CCCCC(=O)N(c1ccccn1)C1CC1. The van der Waals surface area contributed by atoms with E-state index in [2.05, 4.69) is 11.9 Å². The number of unbranched alkanes of at least 4 members (excludes halogenated alkanes) is 1. The van der Waals surface area contributed by atoms with E-state index in [1.807, 2.05) is 23.1 Å². The fourth-order valence-corrected chi connectivity index (χ4v) is 1.80. The lowest BCUT2D eigenvalue weighted by Crippen LogP contribution is -2.33. The van der Waals surface area contributed by atoms with Crippen LogP contribution in [0.4, 0.5) is 5.82 Å². The van der Waals surface area contributed by atoms with Crippen LogP contribution in [0.25, 0.3) is 0 Å². The Balaban J connectivity index is 2.08. The highest BCUT2D eigenvalue weighted by Crippen LogP contribution is 2.31. The average Bonchev–Trinajstić information content (AvgIpc) is 3.12. The summed E-state index contributed by atoms with van der Waals surface area (Å²) in [6, 6.07) is 6.14. The molecule has 1 heterocycles. The molecule has 0 unspecified atom stereocenters. The lowest BCUT2D eigenvalue weighted by atomic mass is 10.2. The zero-order chi connectivity index (χ0) is 11.4. The van der Waals surface area contributed by atoms with Crippen molar-refractivity contribution in [2.45, 2.75) is 45.1 Å². The standard InChI is InChI=1S/C13H18N2O/c1-2-3-7-13(16)15(11-8-9-11)12-6-4-5-10-14-12/h4-6,10-11H,2-3,7-9H2,1H3. The summed E-state index contributed by atoms with van der Waals surface area (Å²) in [7, 11) is 0. The first kappa shape index (κ1) is 11.1. The van der Waals surface area contributed by atoms with Crippen molar-refractivity contribution < 1.29 is 4.79 Å². The minimum absolute atomic E-state index is 0.225. The fourth-order valence-electron chi connectivity index (χ4n) is 1.80. The van der Waals surface area contributed by atoms with Crippen molar-refractivity contribution in [1.29, 1.82) is 0 Å². The summed E-state index contributed by atoms with van der Waals surface area (Å²) >= 11 is 0. The van der Waals surface area contributed by atoms with Gasteiger partial charge in [0.05, 0.1) is 0 Å². The van der Waals surface area contributed by atoms with Crippen LogP contribution in [0.2, 0.25) is 0 Å². The molecule has 0 N–H and O–H groups in total. The van der Waals surface area contributed by atoms with Crippen molar-refractivity contribution in [3.8, 4) is 0 Å². The Bertz CT molecular complexity index is 346. The van der Waals surface area contributed by atoms with Crippen molar-refractivity contribution in [3.63, 3.8) is 0 Å². The zero-order valence-corrected chi connectivity index (χ0v) is 9.72. The van der Waals surface area contributed by atoms with Gasteiger partial charge in [-0.15, -0.1) is 0 Å². The number of carbonyl (C=O) groups is 1. The molecule has 86 valence electrons. The van der Waals surface area contributed by atoms with Crippen LogP contribution in [-0.4, -0.2) is 16.9 Å². The second-order valence-electron chi connectivity index (χ2n) is 4.29. The molecule has 1 saturated carbocycles. The zero-order valence-electron chi connectivity index (χ0n) is 9.72. The molecular weight excluding hydrogens is 200 g/mol. The molecule has 0 saturated heterocycles. The monoisotopic (exact) mass is 218 g/mol. The maximum atomic E-state index is 12.1. The summed E-state index contributed by atoms with van der Waals surface area (Å²) in [6.45, 7) is 2.11. The Morgan fingerprint density at radius 3 is 2.88 bits per heavy atom. The minimum Gasteiger partial charge on any atom is -0.294 e. The summed E-state index contributed by atoms with van der Waals surface area (Å²) in [6.07, 6.45) is 6.66. The van der Waals surface area contributed by atoms with Crippen LogP contribution in [0.5, 0.6) is 0 Å². The molecule has 1 amide bonds. The van der Waals surface area contributed by atoms with Gasteiger partial charge < -0.3 is 0 Å². The normalized spacial score (nSPS) is 14.8. The molecule has 1 aromatic rings. The van der Waals surface area contributed by atoms with E-state index in [1.165, 1.54) is 0 Å². The van der Waals surface area contributed by atoms with Gasteiger partial charge in [-0.3, -0.25) is 9.69 Å². The smallest absolute Gasteiger partial charge is 0.228 e. The third-order valence-corrected chi connectivity index (χ3v) is 2.82. The first-order valence-electron chi connectivity index (χ1n) is 6.06. The van der Waals surface area contributed by atoms with Crippen LogP contribution in [0, 0.1) is 0 Å². The number of hydrogen-bond donors (Lipinski definition) is 0. The molecule has 2 rings (SSSR count). The number of carbonyl (C=O) groups excluding carboxylic acids is 1. The summed E-state index contributed by atoms with van der Waals surface area (Å²) in [5.41, 5.74) is 0. The molecule has 1 aliphatic rings. The quantitative estimate of drug-likeness (QED) is 0.761. The van der Waals surface area contributed by atoms with Gasteiger partial charge in [0.2, 0.25) is 5.91 Å². The molecule has 3 nitrogen and oxygen atoms in total.